The Morgan fingerprint density at radius 2 is 1.81 bits per heavy atom. The standard InChI is InChI=1S/C22H14B2F2N4O2/c23-22(24,32)20-9-19-13(4-2-6-30(19)28-20)12-7-16(25)15(17(26)8-12)10-29-11-18-14(21(29)31)3-1-5-27-18/h1-9,32H,10-11H2. The molecule has 0 fully saturated rings. The van der Waals surface area contributed by atoms with E-state index in [1.807, 2.05) is 0 Å². The lowest BCUT2D eigenvalue weighted by Gasteiger charge is -2.17. The van der Waals surface area contributed by atoms with E-state index in [0.717, 1.165) is 0 Å². The number of halogens is 2. The summed E-state index contributed by atoms with van der Waals surface area (Å²) in [6, 6.07) is 10.4. The number of carbonyl (C=O) groups excluding carboxylic acids is 1. The van der Waals surface area contributed by atoms with Gasteiger partial charge in [-0.3, -0.25) is 9.78 Å². The normalized spacial score (nSPS) is 13.7. The lowest BCUT2D eigenvalue weighted by Crippen LogP contribution is -2.26. The molecule has 0 spiro atoms. The van der Waals surface area contributed by atoms with E-state index in [1.165, 1.54) is 27.6 Å². The SMILES string of the molecule is [B]C([B])(O)c1cc2c(-c3cc(F)c(CN4Cc5ncccc5C4=O)c(F)c3)cccn2n1. The van der Waals surface area contributed by atoms with Gasteiger partial charge in [-0.15, -0.1) is 0 Å². The fourth-order valence-corrected chi connectivity index (χ4v) is 3.87. The topological polar surface area (TPSA) is 70.7 Å². The van der Waals surface area contributed by atoms with Crippen molar-refractivity contribution in [1.29, 1.82) is 0 Å². The van der Waals surface area contributed by atoms with Crippen LogP contribution in [0, 0.1) is 11.6 Å². The van der Waals surface area contributed by atoms with Gasteiger partial charge in [-0.1, -0.05) is 6.07 Å². The number of hydrogen-bond acceptors (Lipinski definition) is 4. The summed E-state index contributed by atoms with van der Waals surface area (Å²) in [7, 11) is 11.0. The lowest BCUT2D eigenvalue weighted by atomic mass is 9.63. The molecule has 0 saturated heterocycles. The Bertz CT molecular complexity index is 1360. The van der Waals surface area contributed by atoms with E-state index in [0.29, 0.717) is 22.3 Å². The summed E-state index contributed by atoms with van der Waals surface area (Å²) in [4.78, 5) is 18.0. The predicted octanol–water partition coefficient (Wildman–Crippen LogP) is 2.27. The highest BCUT2D eigenvalue weighted by molar-refractivity contribution is 6.38. The van der Waals surface area contributed by atoms with Gasteiger partial charge in [-0.05, 0) is 42.0 Å². The number of aliphatic hydroxyl groups is 1. The highest BCUT2D eigenvalue weighted by Gasteiger charge is 2.30. The van der Waals surface area contributed by atoms with E-state index < -0.39 is 17.0 Å². The van der Waals surface area contributed by atoms with Crippen LogP contribution < -0.4 is 0 Å². The van der Waals surface area contributed by atoms with Crippen LogP contribution in [0.3, 0.4) is 0 Å². The van der Waals surface area contributed by atoms with Crippen molar-refractivity contribution in [2.45, 2.75) is 18.5 Å². The summed E-state index contributed by atoms with van der Waals surface area (Å²) in [5.74, 6) is -1.89. The van der Waals surface area contributed by atoms with Crippen molar-refractivity contribution < 1.29 is 18.7 Å². The zero-order valence-electron chi connectivity index (χ0n) is 16.7. The minimum absolute atomic E-state index is 0.00300. The smallest absolute Gasteiger partial charge is 0.256 e. The fourth-order valence-electron chi connectivity index (χ4n) is 3.87. The van der Waals surface area contributed by atoms with Gasteiger partial charge in [0.2, 0.25) is 0 Å². The summed E-state index contributed by atoms with van der Waals surface area (Å²) in [5.41, 5.74) is 1.99. The molecule has 4 aromatic rings. The van der Waals surface area contributed by atoms with E-state index in [4.69, 9.17) is 15.7 Å². The second-order valence-corrected chi connectivity index (χ2v) is 7.68. The van der Waals surface area contributed by atoms with Crippen LogP contribution in [0.5, 0.6) is 0 Å². The third-order valence-corrected chi connectivity index (χ3v) is 5.46. The Hall–Kier alpha value is -3.52. The van der Waals surface area contributed by atoms with Crippen LogP contribution in [0.4, 0.5) is 8.78 Å². The minimum Gasteiger partial charge on any atom is -0.403 e. The molecule has 6 nitrogen and oxygen atoms in total. The van der Waals surface area contributed by atoms with Gasteiger partial charge in [0.05, 0.1) is 35.6 Å². The van der Waals surface area contributed by atoms with Crippen molar-refractivity contribution >= 4 is 27.1 Å². The van der Waals surface area contributed by atoms with Gasteiger partial charge < -0.3 is 10.0 Å². The van der Waals surface area contributed by atoms with Crippen LogP contribution in [-0.4, -0.2) is 46.2 Å². The molecule has 0 bridgehead atoms. The first-order valence-electron chi connectivity index (χ1n) is 9.73. The molecule has 0 atom stereocenters. The number of aromatic nitrogens is 3. The molecule has 3 aromatic heterocycles. The molecule has 4 radical (unpaired) electrons. The van der Waals surface area contributed by atoms with Crippen LogP contribution in [0.1, 0.15) is 27.3 Å². The molecule has 0 aliphatic carbocycles. The predicted molar refractivity (Wildman–Crippen MR) is 114 cm³/mol. The fraction of sp³-hybridized carbons (Fsp3) is 0.136. The first-order chi connectivity index (χ1) is 15.2. The van der Waals surface area contributed by atoms with Gasteiger partial charge in [-0.25, -0.2) is 13.3 Å². The molecular weight excluding hydrogens is 412 g/mol. The maximum atomic E-state index is 15.0. The molecule has 1 aliphatic heterocycles. The number of pyridine rings is 2. The molecule has 1 amide bonds. The van der Waals surface area contributed by atoms with Crippen molar-refractivity contribution in [3.63, 3.8) is 0 Å². The van der Waals surface area contributed by atoms with Gasteiger partial charge in [0.15, 0.2) is 0 Å². The number of hydrogen-bond donors (Lipinski definition) is 1. The van der Waals surface area contributed by atoms with E-state index >= 15 is 8.78 Å². The Morgan fingerprint density at radius 1 is 1.09 bits per heavy atom. The molecule has 1 aromatic carbocycles. The molecule has 5 rings (SSSR count). The average Bonchev–Trinajstić information content (AvgIpc) is 3.32. The molecule has 1 N–H and O–H groups in total. The van der Waals surface area contributed by atoms with Crippen molar-refractivity contribution in [2.24, 2.45) is 0 Å². The number of fused-ring (bicyclic) bond motifs is 2. The minimum atomic E-state index is -2.15. The Labute approximate surface area is 184 Å². The van der Waals surface area contributed by atoms with E-state index in [1.54, 1.807) is 36.7 Å². The number of rotatable bonds is 4. The Balaban J connectivity index is 1.50. The number of benzene rings is 1. The zero-order chi connectivity index (χ0) is 22.6. The first kappa shape index (κ1) is 20.4. The largest absolute Gasteiger partial charge is 0.403 e. The Morgan fingerprint density at radius 3 is 2.50 bits per heavy atom. The molecule has 154 valence electrons. The van der Waals surface area contributed by atoms with Crippen LogP contribution in [0.15, 0.2) is 54.9 Å². The van der Waals surface area contributed by atoms with Gasteiger partial charge in [-0.2, -0.15) is 5.10 Å². The molecule has 4 heterocycles. The third-order valence-electron chi connectivity index (χ3n) is 5.46. The van der Waals surface area contributed by atoms with Crippen molar-refractivity contribution in [3.05, 3.63) is 89.0 Å². The monoisotopic (exact) mass is 426 g/mol. The molecule has 0 unspecified atom stereocenters. The molecule has 32 heavy (non-hydrogen) atoms. The number of carbonyl (C=O) groups is 1. The van der Waals surface area contributed by atoms with Crippen molar-refractivity contribution in [3.8, 4) is 11.1 Å². The summed E-state index contributed by atoms with van der Waals surface area (Å²) < 4.78 is 31.4. The van der Waals surface area contributed by atoms with Crippen LogP contribution in [0.25, 0.3) is 16.6 Å². The van der Waals surface area contributed by atoms with E-state index in [9.17, 15) is 9.90 Å². The Kier molecular flexibility index (Phi) is 4.63. The first-order valence-corrected chi connectivity index (χ1v) is 9.73. The van der Waals surface area contributed by atoms with Crippen molar-refractivity contribution in [1.82, 2.24) is 19.5 Å². The van der Waals surface area contributed by atoms with Gasteiger partial charge in [0.25, 0.3) is 5.91 Å². The highest BCUT2D eigenvalue weighted by Crippen LogP contribution is 2.31. The molecule has 10 heteroatoms. The second kappa shape index (κ2) is 7.27. The van der Waals surface area contributed by atoms with Gasteiger partial charge in [0.1, 0.15) is 27.3 Å². The highest BCUT2D eigenvalue weighted by atomic mass is 19.1. The van der Waals surface area contributed by atoms with Crippen LogP contribution in [-0.2, 0) is 18.5 Å². The summed E-state index contributed by atoms with van der Waals surface area (Å²) in [6.07, 6.45) is 3.17. The second-order valence-electron chi connectivity index (χ2n) is 7.68. The number of nitrogens with zero attached hydrogens (tertiary/aromatic N) is 4. The van der Waals surface area contributed by atoms with Gasteiger partial charge >= 0.3 is 0 Å². The molecular formula is C22H14B2F2N4O2. The lowest BCUT2D eigenvalue weighted by molar-refractivity contribution is 0.0763. The number of amides is 1. The van der Waals surface area contributed by atoms with Crippen molar-refractivity contribution in [2.75, 3.05) is 0 Å². The zero-order valence-corrected chi connectivity index (χ0v) is 16.7. The van der Waals surface area contributed by atoms with Crippen LogP contribution in [0.2, 0.25) is 0 Å². The summed E-state index contributed by atoms with van der Waals surface area (Å²) in [5, 5.41) is 11.8. The maximum absolute atomic E-state index is 15.0. The third kappa shape index (κ3) is 3.36. The summed E-state index contributed by atoms with van der Waals surface area (Å²) in [6.45, 7) is -0.0316. The quantitative estimate of drug-likeness (QED) is 0.509. The van der Waals surface area contributed by atoms with Gasteiger partial charge in [0, 0.05) is 28.9 Å². The van der Waals surface area contributed by atoms with E-state index in [2.05, 4.69) is 10.1 Å². The molecule has 0 saturated carbocycles. The van der Waals surface area contributed by atoms with E-state index in [-0.39, 0.29) is 35.8 Å². The average molecular weight is 426 g/mol. The molecule has 1 aliphatic rings. The summed E-state index contributed by atoms with van der Waals surface area (Å²) >= 11 is 0. The van der Waals surface area contributed by atoms with Crippen LogP contribution >= 0.6 is 0 Å². The maximum Gasteiger partial charge on any atom is 0.256 e.